The standard InChI is InChI=1S/C12H16BrN3O3.ClH/c13-10-6-8(16(18)19)5-9(12(10)17)11(14)7-1-3-15-4-2-7;/h5-7,11,15,17H,1-4,14H2;1H/t11-;/m1./s1. The van der Waals surface area contributed by atoms with Crippen molar-refractivity contribution in [2.45, 2.75) is 18.9 Å². The summed E-state index contributed by atoms with van der Waals surface area (Å²) in [4.78, 5) is 10.4. The summed E-state index contributed by atoms with van der Waals surface area (Å²) in [6.45, 7) is 1.77. The van der Waals surface area contributed by atoms with E-state index in [1.54, 1.807) is 0 Å². The quantitative estimate of drug-likeness (QED) is 0.563. The molecule has 0 aromatic heterocycles. The summed E-state index contributed by atoms with van der Waals surface area (Å²) in [6.07, 6.45) is 1.81. The smallest absolute Gasteiger partial charge is 0.271 e. The summed E-state index contributed by atoms with van der Waals surface area (Å²) in [5, 5.41) is 24.1. The lowest BCUT2D eigenvalue weighted by Crippen LogP contribution is -2.33. The fourth-order valence-electron chi connectivity index (χ4n) is 2.42. The third-order valence-corrected chi connectivity index (χ3v) is 4.14. The molecule has 1 aromatic rings. The monoisotopic (exact) mass is 365 g/mol. The predicted octanol–water partition coefficient (Wildman–Crippen LogP) is 2.48. The second kappa shape index (κ2) is 7.21. The van der Waals surface area contributed by atoms with E-state index in [2.05, 4.69) is 21.2 Å². The first-order chi connectivity index (χ1) is 9.00. The third kappa shape index (κ3) is 3.60. The van der Waals surface area contributed by atoms with Crippen molar-refractivity contribution < 1.29 is 10.0 Å². The van der Waals surface area contributed by atoms with Crippen molar-refractivity contribution in [2.24, 2.45) is 11.7 Å². The van der Waals surface area contributed by atoms with Crippen LogP contribution in [0.4, 0.5) is 5.69 Å². The van der Waals surface area contributed by atoms with Crippen LogP contribution in [0.2, 0.25) is 0 Å². The van der Waals surface area contributed by atoms with Gasteiger partial charge in [-0.25, -0.2) is 0 Å². The van der Waals surface area contributed by atoms with Crippen molar-refractivity contribution in [3.8, 4) is 5.75 Å². The molecule has 20 heavy (non-hydrogen) atoms. The average Bonchev–Trinajstić information content (AvgIpc) is 2.41. The first-order valence-corrected chi connectivity index (χ1v) is 6.93. The SMILES string of the molecule is Cl.N[C@@H](c1cc([N+](=O)[O-])cc(Br)c1O)C1CCNCC1. The minimum atomic E-state index is -0.483. The minimum absolute atomic E-state index is 0. The summed E-state index contributed by atoms with van der Waals surface area (Å²) < 4.78 is 0.307. The van der Waals surface area contributed by atoms with E-state index in [0.29, 0.717) is 10.0 Å². The molecular formula is C12H17BrClN3O3. The van der Waals surface area contributed by atoms with Crippen LogP contribution in [0, 0.1) is 16.0 Å². The molecule has 1 aromatic carbocycles. The Hall–Kier alpha value is -0.890. The highest BCUT2D eigenvalue weighted by molar-refractivity contribution is 9.10. The molecule has 1 aliphatic heterocycles. The highest BCUT2D eigenvalue weighted by Crippen LogP contribution is 2.39. The van der Waals surface area contributed by atoms with Gasteiger partial charge in [0.25, 0.3) is 5.69 Å². The van der Waals surface area contributed by atoms with Crippen molar-refractivity contribution in [3.63, 3.8) is 0 Å². The van der Waals surface area contributed by atoms with Crippen LogP contribution >= 0.6 is 28.3 Å². The largest absolute Gasteiger partial charge is 0.506 e. The van der Waals surface area contributed by atoms with Gasteiger partial charge < -0.3 is 16.2 Å². The summed E-state index contributed by atoms with van der Waals surface area (Å²) in [7, 11) is 0. The highest BCUT2D eigenvalue weighted by Gasteiger charge is 2.26. The van der Waals surface area contributed by atoms with Crippen LogP contribution in [0.25, 0.3) is 0 Å². The Morgan fingerprint density at radius 3 is 2.60 bits per heavy atom. The summed E-state index contributed by atoms with van der Waals surface area (Å²) in [5.41, 5.74) is 6.55. The number of halogens is 2. The number of nitrogens with one attached hydrogen (secondary N) is 1. The minimum Gasteiger partial charge on any atom is -0.506 e. The van der Waals surface area contributed by atoms with Gasteiger partial charge in [0, 0.05) is 23.7 Å². The molecule has 0 unspecified atom stereocenters. The number of nitro benzene ring substituents is 1. The Labute approximate surface area is 131 Å². The van der Waals surface area contributed by atoms with Crippen molar-refractivity contribution >= 4 is 34.0 Å². The molecule has 0 saturated carbocycles. The summed E-state index contributed by atoms with van der Waals surface area (Å²) in [6, 6.07) is 2.26. The van der Waals surface area contributed by atoms with Crippen LogP contribution in [0.1, 0.15) is 24.4 Å². The zero-order valence-electron chi connectivity index (χ0n) is 10.7. The molecule has 2 rings (SSSR count). The van der Waals surface area contributed by atoms with Crippen LogP contribution in [0.3, 0.4) is 0 Å². The van der Waals surface area contributed by atoms with Crippen LogP contribution in [-0.2, 0) is 0 Å². The number of hydrogen-bond acceptors (Lipinski definition) is 5. The molecule has 0 aliphatic carbocycles. The number of aromatic hydroxyl groups is 1. The maximum atomic E-state index is 10.9. The van der Waals surface area contributed by atoms with Gasteiger partial charge in [0.2, 0.25) is 0 Å². The molecule has 1 fully saturated rings. The lowest BCUT2D eigenvalue weighted by Gasteiger charge is -2.28. The van der Waals surface area contributed by atoms with Crippen LogP contribution in [-0.4, -0.2) is 23.1 Å². The van der Waals surface area contributed by atoms with Crippen molar-refractivity contribution in [2.75, 3.05) is 13.1 Å². The number of phenols is 1. The Bertz CT molecular complexity index is 495. The molecule has 0 radical (unpaired) electrons. The van der Waals surface area contributed by atoms with E-state index in [1.165, 1.54) is 12.1 Å². The molecule has 0 amide bonds. The zero-order valence-corrected chi connectivity index (χ0v) is 13.1. The molecule has 1 heterocycles. The highest BCUT2D eigenvalue weighted by atomic mass is 79.9. The zero-order chi connectivity index (χ0) is 14.0. The Morgan fingerprint density at radius 2 is 2.05 bits per heavy atom. The molecule has 8 heteroatoms. The molecule has 0 spiro atoms. The average molecular weight is 367 g/mol. The molecular weight excluding hydrogens is 350 g/mol. The molecule has 1 saturated heterocycles. The van der Waals surface area contributed by atoms with Gasteiger partial charge in [-0.05, 0) is 47.8 Å². The number of piperidine rings is 1. The van der Waals surface area contributed by atoms with Gasteiger partial charge in [0.1, 0.15) is 5.75 Å². The van der Waals surface area contributed by atoms with Crippen molar-refractivity contribution in [1.82, 2.24) is 5.32 Å². The van der Waals surface area contributed by atoms with Gasteiger partial charge in [-0.2, -0.15) is 0 Å². The number of benzene rings is 1. The van der Waals surface area contributed by atoms with E-state index >= 15 is 0 Å². The van der Waals surface area contributed by atoms with Gasteiger partial charge in [-0.3, -0.25) is 10.1 Å². The number of nitrogens with two attached hydrogens (primary N) is 1. The van der Waals surface area contributed by atoms with Crippen molar-refractivity contribution in [1.29, 1.82) is 0 Å². The molecule has 6 nitrogen and oxygen atoms in total. The summed E-state index contributed by atoms with van der Waals surface area (Å²) >= 11 is 3.14. The van der Waals surface area contributed by atoms with E-state index in [9.17, 15) is 15.2 Å². The second-order valence-electron chi connectivity index (χ2n) is 4.74. The number of nitro groups is 1. The van der Waals surface area contributed by atoms with Crippen LogP contribution in [0.15, 0.2) is 16.6 Å². The van der Waals surface area contributed by atoms with Gasteiger partial charge >= 0.3 is 0 Å². The van der Waals surface area contributed by atoms with E-state index in [1.807, 2.05) is 0 Å². The lowest BCUT2D eigenvalue weighted by molar-refractivity contribution is -0.385. The van der Waals surface area contributed by atoms with Crippen LogP contribution < -0.4 is 11.1 Å². The summed E-state index contributed by atoms with van der Waals surface area (Å²) in [5.74, 6) is 0.220. The predicted molar refractivity (Wildman–Crippen MR) is 82.2 cm³/mol. The maximum absolute atomic E-state index is 10.9. The molecule has 4 N–H and O–H groups in total. The Morgan fingerprint density at radius 1 is 1.45 bits per heavy atom. The Kier molecular flexibility index (Phi) is 6.19. The van der Waals surface area contributed by atoms with E-state index in [4.69, 9.17) is 5.73 Å². The van der Waals surface area contributed by atoms with E-state index < -0.39 is 11.0 Å². The molecule has 112 valence electrons. The Balaban J connectivity index is 0.00000200. The maximum Gasteiger partial charge on any atom is 0.271 e. The van der Waals surface area contributed by atoms with E-state index in [-0.39, 0.29) is 29.8 Å². The first kappa shape index (κ1) is 17.2. The topological polar surface area (TPSA) is 101 Å². The number of phenolic OH excluding ortho intramolecular Hbond substituents is 1. The van der Waals surface area contributed by atoms with Gasteiger partial charge in [-0.15, -0.1) is 12.4 Å². The van der Waals surface area contributed by atoms with Gasteiger partial charge in [0.15, 0.2) is 0 Å². The number of non-ortho nitro benzene ring substituents is 1. The number of nitrogens with zero attached hydrogens (tertiary/aromatic N) is 1. The van der Waals surface area contributed by atoms with Crippen molar-refractivity contribution in [3.05, 3.63) is 32.3 Å². The lowest BCUT2D eigenvalue weighted by atomic mass is 9.86. The normalized spacial score (nSPS) is 17.3. The molecule has 1 aliphatic rings. The number of rotatable bonds is 3. The fraction of sp³-hybridized carbons (Fsp3) is 0.500. The first-order valence-electron chi connectivity index (χ1n) is 6.13. The van der Waals surface area contributed by atoms with Gasteiger partial charge in [0.05, 0.1) is 9.40 Å². The fourth-order valence-corrected chi connectivity index (χ4v) is 2.89. The molecule has 1 atom stereocenters. The van der Waals surface area contributed by atoms with Crippen LogP contribution in [0.5, 0.6) is 5.75 Å². The molecule has 0 bridgehead atoms. The van der Waals surface area contributed by atoms with Gasteiger partial charge in [-0.1, -0.05) is 0 Å². The number of hydrogen-bond donors (Lipinski definition) is 3. The van der Waals surface area contributed by atoms with E-state index in [0.717, 1.165) is 25.9 Å². The second-order valence-corrected chi connectivity index (χ2v) is 5.59. The third-order valence-electron chi connectivity index (χ3n) is 3.54.